The first-order chi connectivity index (χ1) is 7.15. The van der Waals surface area contributed by atoms with Crippen LogP contribution in [-0.2, 0) is 0 Å². The van der Waals surface area contributed by atoms with Crippen LogP contribution >= 0.6 is 15.9 Å². The van der Waals surface area contributed by atoms with E-state index in [2.05, 4.69) is 22.9 Å². The van der Waals surface area contributed by atoms with Crippen molar-refractivity contribution in [2.24, 2.45) is 5.92 Å². The van der Waals surface area contributed by atoms with Gasteiger partial charge in [0.2, 0.25) is 0 Å². The molecule has 2 atom stereocenters. The second-order valence-corrected chi connectivity index (χ2v) is 4.91. The number of carbonyl (C=O) groups excluding carboxylic acids is 1. The van der Waals surface area contributed by atoms with Crippen LogP contribution in [0.4, 0.5) is 0 Å². The third-order valence-corrected chi connectivity index (χ3v) is 4.23. The van der Waals surface area contributed by atoms with E-state index in [1.807, 2.05) is 18.2 Å². The Labute approximate surface area is 97.8 Å². The predicted octanol–water partition coefficient (Wildman–Crippen LogP) is 3.35. The van der Waals surface area contributed by atoms with Gasteiger partial charge in [-0.1, -0.05) is 35.0 Å². The van der Waals surface area contributed by atoms with E-state index < -0.39 is 0 Å². The van der Waals surface area contributed by atoms with Gasteiger partial charge in [-0.05, 0) is 12.0 Å². The minimum Gasteiger partial charge on any atom is -0.496 e. The lowest BCUT2D eigenvalue weighted by Gasteiger charge is -2.27. The van der Waals surface area contributed by atoms with Gasteiger partial charge < -0.3 is 4.74 Å². The van der Waals surface area contributed by atoms with Crippen molar-refractivity contribution in [1.82, 2.24) is 0 Å². The summed E-state index contributed by atoms with van der Waals surface area (Å²) in [4.78, 5) is 12.0. The van der Waals surface area contributed by atoms with Crippen LogP contribution < -0.4 is 4.74 Å². The molecule has 1 aliphatic carbocycles. The van der Waals surface area contributed by atoms with Crippen molar-refractivity contribution in [2.45, 2.75) is 18.2 Å². The molecular weight excluding hydrogens is 256 g/mol. The minimum atomic E-state index is 0.210. The summed E-state index contributed by atoms with van der Waals surface area (Å²) in [6.07, 6.45) is 0.607. The lowest BCUT2D eigenvalue weighted by Crippen LogP contribution is -2.20. The molecule has 1 aromatic rings. The highest BCUT2D eigenvalue weighted by Gasteiger charge is 2.31. The van der Waals surface area contributed by atoms with Gasteiger partial charge in [0.1, 0.15) is 5.75 Å². The molecule has 0 spiro atoms. The third kappa shape index (κ3) is 1.69. The summed E-state index contributed by atoms with van der Waals surface area (Å²) in [5.41, 5.74) is 1.80. The Balaban J connectivity index is 2.60. The molecule has 2 nitrogen and oxygen atoms in total. The van der Waals surface area contributed by atoms with Crippen molar-refractivity contribution in [3.05, 3.63) is 29.3 Å². The SMILES string of the molecule is COc1cccc2c1C(Br)C(C)CC2=O. The maximum absolute atomic E-state index is 11.8. The van der Waals surface area contributed by atoms with Gasteiger partial charge in [-0.3, -0.25) is 4.79 Å². The van der Waals surface area contributed by atoms with Crippen LogP contribution in [0.1, 0.15) is 34.1 Å². The molecule has 0 heterocycles. The Bertz CT molecular complexity index is 401. The number of methoxy groups -OCH3 is 1. The number of ether oxygens (including phenoxy) is 1. The summed E-state index contributed by atoms with van der Waals surface area (Å²) >= 11 is 3.64. The molecule has 0 N–H and O–H groups in total. The van der Waals surface area contributed by atoms with Gasteiger partial charge in [0.25, 0.3) is 0 Å². The average molecular weight is 269 g/mol. The van der Waals surface area contributed by atoms with E-state index in [-0.39, 0.29) is 10.6 Å². The number of benzene rings is 1. The Hall–Kier alpha value is -0.830. The molecule has 0 saturated carbocycles. The zero-order valence-corrected chi connectivity index (χ0v) is 10.4. The molecule has 0 aliphatic heterocycles. The van der Waals surface area contributed by atoms with E-state index >= 15 is 0 Å². The van der Waals surface area contributed by atoms with Crippen molar-refractivity contribution in [3.8, 4) is 5.75 Å². The summed E-state index contributed by atoms with van der Waals surface area (Å²) < 4.78 is 5.30. The van der Waals surface area contributed by atoms with Crippen LogP contribution in [0.2, 0.25) is 0 Å². The zero-order valence-electron chi connectivity index (χ0n) is 8.79. The lowest BCUT2D eigenvalue weighted by molar-refractivity contribution is 0.0952. The normalized spacial score (nSPS) is 24.9. The fourth-order valence-corrected chi connectivity index (χ4v) is 2.70. The fourth-order valence-electron chi connectivity index (χ4n) is 2.04. The van der Waals surface area contributed by atoms with Crippen LogP contribution in [0.5, 0.6) is 5.75 Å². The second kappa shape index (κ2) is 3.97. The minimum absolute atomic E-state index is 0.210. The summed E-state index contributed by atoms with van der Waals surface area (Å²) in [5, 5.41) is 0. The third-order valence-electron chi connectivity index (χ3n) is 2.87. The highest BCUT2D eigenvalue weighted by atomic mass is 79.9. The number of halogens is 1. The molecule has 0 fully saturated rings. The van der Waals surface area contributed by atoms with Gasteiger partial charge in [-0.2, -0.15) is 0 Å². The van der Waals surface area contributed by atoms with Crippen LogP contribution in [0.3, 0.4) is 0 Å². The molecule has 0 amide bonds. The molecule has 80 valence electrons. The Morgan fingerprint density at radius 1 is 1.47 bits per heavy atom. The molecule has 0 saturated heterocycles. The number of ketones is 1. The largest absolute Gasteiger partial charge is 0.496 e. The van der Waals surface area contributed by atoms with Crippen molar-refractivity contribution < 1.29 is 9.53 Å². The molecule has 2 rings (SSSR count). The number of hydrogen-bond donors (Lipinski definition) is 0. The number of rotatable bonds is 1. The topological polar surface area (TPSA) is 26.3 Å². The van der Waals surface area contributed by atoms with Gasteiger partial charge in [-0.15, -0.1) is 0 Å². The maximum atomic E-state index is 11.8. The van der Waals surface area contributed by atoms with Gasteiger partial charge in [0.15, 0.2) is 5.78 Å². The van der Waals surface area contributed by atoms with Crippen LogP contribution in [0, 0.1) is 5.92 Å². The van der Waals surface area contributed by atoms with Crippen molar-refractivity contribution >= 4 is 21.7 Å². The molecule has 2 unspecified atom stereocenters. The Morgan fingerprint density at radius 2 is 2.20 bits per heavy atom. The van der Waals surface area contributed by atoms with Crippen molar-refractivity contribution in [3.63, 3.8) is 0 Å². The molecule has 0 radical (unpaired) electrons. The smallest absolute Gasteiger partial charge is 0.163 e. The molecule has 15 heavy (non-hydrogen) atoms. The van der Waals surface area contributed by atoms with Gasteiger partial charge >= 0.3 is 0 Å². The van der Waals surface area contributed by atoms with E-state index in [4.69, 9.17) is 4.74 Å². The predicted molar refractivity (Wildman–Crippen MR) is 62.8 cm³/mol. The van der Waals surface area contributed by atoms with Crippen molar-refractivity contribution in [2.75, 3.05) is 7.11 Å². The lowest BCUT2D eigenvalue weighted by atomic mass is 9.83. The molecule has 0 bridgehead atoms. The molecule has 3 heteroatoms. The number of Topliss-reactive ketones (excluding diaryl/α,β-unsaturated/α-hetero) is 1. The second-order valence-electron chi connectivity index (χ2n) is 3.93. The van der Waals surface area contributed by atoms with Gasteiger partial charge in [0, 0.05) is 22.4 Å². The average Bonchev–Trinajstić information content (AvgIpc) is 2.25. The summed E-state index contributed by atoms with van der Waals surface area (Å²) in [6.45, 7) is 2.08. The van der Waals surface area contributed by atoms with Crippen LogP contribution in [-0.4, -0.2) is 12.9 Å². The van der Waals surface area contributed by atoms with E-state index in [0.29, 0.717) is 12.3 Å². The first-order valence-corrected chi connectivity index (χ1v) is 5.91. The summed E-state index contributed by atoms with van der Waals surface area (Å²) in [6, 6.07) is 5.64. The van der Waals surface area contributed by atoms with Gasteiger partial charge in [-0.25, -0.2) is 0 Å². The fraction of sp³-hybridized carbons (Fsp3) is 0.417. The van der Waals surface area contributed by atoms with Crippen LogP contribution in [0.15, 0.2) is 18.2 Å². The zero-order chi connectivity index (χ0) is 11.0. The Morgan fingerprint density at radius 3 is 2.87 bits per heavy atom. The number of alkyl halides is 1. The van der Waals surface area contributed by atoms with Gasteiger partial charge in [0.05, 0.1) is 7.11 Å². The first kappa shape index (κ1) is 10.7. The molecular formula is C12H13BrO2. The monoisotopic (exact) mass is 268 g/mol. The first-order valence-electron chi connectivity index (χ1n) is 4.99. The number of hydrogen-bond acceptors (Lipinski definition) is 2. The van der Waals surface area contributed by atoms with E-state index in [0.717, 1.165) is 16.9 Å². The quantitative estimate of drug-likeness (QED) is 0.731. The van der Waals surface area contributed by atoms with Crippen LogP contribution in [0.25, 0.3) is 0 Å². The Kier molecular flexibility index (Phi) is 2.83. The van der Waals surface area contributed by atoms with E-state index in [1.54, 1.807) is 7.11 Å². The molecule has 1 aromatic carbocycles. The highest BCUT2D eigenvalue weighted by Crippen LogP contribution is 2.44. The number of carbonyl (C=O) groups is 1. The van der Waals surface area contributed by atoms with E-state index in [9.17, 15) is 4.79 Å². The summed E-state index contributed by atoms with van der Waals surface area (Å²) in [5.74, 6) is 1.34. The van der Waals surface area contributed by atoms with E-state index in [1.165, 1.54) is 0 Å². The number of fused-ring (bicyclic) bond motifs is 1. The van der Waals surface area contributed by atoms with Crippen molar-refractivity contribution in [1.29, 1.82) is 0 Å². The maximum Gasteiger partial charge on any atom is 0.163 e. The molecule has 0 aromatic heterocycles. The molecule has 1 aliphatic rings. The highest BCUT2D eigenvalue weighted by molar-refractivity contribution is 9.09. The summed E-state index contributed by atoms with van der Waals surface area (Å²) in [7, 11) is 1.64. The standard InChI is InChI=1S/C12H13BrO2/c1-7-6-9(14)8-4-3-5-10(15-2)11(8)12(7)13/h3-5,7,12H,6H2,1-2H3.